The number of nitrogens with zero attached hydrogens (tertiary/aromatic N) is 3. The Morgan fingerprint density at radius 2 is 1.84 bits per heavy atom. The summed E-state index contributed by atoms with van der Waals surface area (Å²) in [5.41, 5.74) is -0.850. The molecule has 1 N–H and O–H groups in total. The number of hydrogen-bond donors (Lipinski definition) is 1. The van der Waals surface area contributed by atoms with Gasteiger partial charge in [0, 0.05) is 30.7 Å². The SMILES string of the molecule is CC(C)(C)OC(=O)N[C@H]1CN(c2ncc(B3OC(C)(C)C(C)(C)O3)cc2C#N)C[C@@H]1c1cc(F)ccc1F. The maximum atomic E-state index is 14.8. The van der Waals surface area contributed by atoms with E-state index in [1.807, 2.05) is 27.7 Å². The predicted molar refractivity (Wildman–Crippen MR) is 139 cm³/mol. The van der Waals surface area contributed by atoms with Crippen molar-refractivity contribution in [2.24, 2.45) is 0 Å². The van der Waals surface area contributed by atoms with Gasteiger partial charge in [0.2, 0.25) is 0 Å². The van der Waals surface area contributed by atoms with Crippen LogP contribution in [0.4, 0.5) is 19.4 Å². The second kappa shape index (κ2) is 9.82. The Kier molecular flexibility index (Phi) is 7.19. The van der Waals surface area contributed by atoms with Crippen LogP contribution in [0.5, 0.6) is 0 Å². The van der Waals surface area contributed by atoms with E-state index in [0.29, 0.717) is 11.3 Å². The number of aromatic nitrogens is 1. The van der Waals surface area contributed by atoms with Crippen LogP contribution in [-0.4, -0.2) is 54.1 Å². The number of nitriles is 1. The van der Waals surface area contributed by atoms with Crippen LogP contribution in [0.1, 0.15) is 65.5 Å². The van der Waals surface area contributed by atoms with E-state index < -0.39 is 53.6 Å². The number of nitrogens with one attached hydrogen (secondary N) is 1. The minimum atomic E-state index is -0.735. The zero-order chi connectivity index (χ0) is 28.0. The third-order valence-electron chi connectivity index (χ3n) is 7.21. The highest BCUT2D eigenvalue weighted by Crippen LogP contribution is 2.37. The van der Waals surface area contributed by atoms with Gasteiger partial charge in [-0.05, 0) is 78.3 Å². The number of alkyl carbamates (subject to hydrolysis) is 1. The molecule has 0 aliphatic carbocycles. The average molecular weight is 526 g/mol. The fourth-order valence-corrected chi connectivity index (χ4v) is 4.61. The van der Waals surface area contributed by atoms with E-state index in [-0.39, 0.29) is 24.2 Å². The quantitative estimate of drug-likeness (QED) is 0.601. The van der Waals surface area contributed by atoms with Crippen molar-refractivity contribution in [2.75, 3.05) is 18.0 Å². The van der Waals surface area contributed by atoms with Crippen molar-refractivity contribution in [1.29, 1.82) is 5.26 Å². The first-order valence-electron chi connectivity index (χ1n) is 12.6. The molecule has 1 aromatic heterocycles. The second-order valence-electron chi connectivity index (χ2n) is 11.8. The van der Waals surface area contributed by atoms with Crippen molar-refractivity contribution in [3.63, 3.8) is 0 Å². The third-order valence-corrected chi connectivity index (χ3v) is 7.21. The van der Waals surface area contributed by atoms with Crippen molar-refractivity contribution >= 4 is 24.5 Å². The molecule has 2 saturated heterocycles. The molecule has 3 heterocycles. The van der Waals surface area contributed by atoms with E-state index in [4.69, 9.17) is 14.0 Å². The first-order valence-corrected chi connectivity index (χ1v) is 12.6. The zero-order valence-electron chi connectivity index (χ0n) is 22.8. The molecule has 0 radical (unpaired) electrons. The van der Waals surface area contributed by atoms with Crippen molar-refractivity contribution in [1.82, 2.24) is 10.3 Å². The Morgan fingerprint density at radius 3 is 2.45 bits per heavy atom. The number of amides is 1. The summed E-state index contributed by atoms with van der Waals surface area (Å²) in [7, 11) is -0.692. The van der Waals surface area contributed by atoms with Crippen LogP contribution in [0, 0.1) is 23.0 Å². The van der Waals surface area contributed by atoms with E-state index >= 15 is 0 Å². The third kappa shape index (κ3) is 5.61. The maximum absolute atomic E-state index is 14.8. The fraction of sp³-hybridized carbons (Fsp3) is 0.519. The van der Waals surface area contributed by atoms with Gasteiger partial charge in [0.15, 0.2) is 0 Å². The lowest BCUT2D eigenvalue weighted by atomic mass is 9.79. The average Bonchev–Trinajstić information content (AvgIpc) is 3.30. The number of carbonyl (C=O) groups is 1. The molecule has 2 fully saturated rings. The summed E-state index contributed by atoms with van der Waals surface area (Å²) in [4.78, 5) is 18.9. The molecule has 2 aliphatic rings. The molecule has 4 rings (SSSR count). The highest BCUT2D eigenvalue weighted by molar-refractivity contribution is 6.62. The van der Waals surface area contributed by atoms with Crippen molar-refractivity contribution in [3.05, 3.63) is 53.2 Å². The number of benzene rings is 1. The number of anilines is 1. The van der Waals surface area contributed by atoms with Gasteiger partial charge in [0.1, 0.15) is 29.1 Å². The standard InChI is InChI=1S/C27H33BF2N4O4/c1-25(2,3)36-24(35)33-22-15-34(14-20(22)19-11-18(29)8-9-21(19)30)23-16(12-31)10-17(13-32-23)28-37-26(4,5)27(6,7)38-28/h8-11,13,20,22H,14-15H2,1-7H3,(H,33,35)/t20-,22+/m1/s1. The van der Waals surface area contributed by atoms with Crippen LogP contribution in [0.2, 0.25) is 0 Å². The van der Waals surface area contributed by atoms with Crippen LogP contribution in [-0.2, 0) is 14.0 Å². The van der Waals surface area contributed by atoms with Crippen LogP contribution < -0.4 is 15.7 Å². The molecule has 2 atom stereocenters. The lowest BCUT2D eigenvalue weighted by Gasteiger charge is -2.32. The molecular formula is C27H33BF2N4O4. The van der Waals surface area contributed by atoms with Gasteiger partial charge >= 0.3 is 13.2 Å². The fourth-order valence-electron chi connectivity index (χ4n) is 4.61. The Hall–Kier alpha value is -3.23. The number of halogens is 2. The first-order chi connectivity index (χ1) is 17.6. The normalized spacial score (nSPS) is 22.3. The Labute approximate surface area is 222 Å². The summed E-state index contributed by atoms with van der Waals surface area (Å²) in [6.45, 7) is 13.4. The van der Waals surface area contributed by atoms with Gasteiger partial charge in [0.25, 0.3) is 0 Å². The monoisotopic (exact) mass is 526 g/mol. The minimum Gasteiger partial charge on any atom is -0.444 e. The van der Waals surface area contributed by atoms with Crippen molar-refractivity contribution in [3.8, 4) is 6.07 Å². The minimum absolute atomic E-state index is 0.126. The number of pyridine rings is 1. The van der Waals surface area contributed by atoms with Crippen LogP contribution in [0.15, 0.2) is 30.5 Å². The molecule has 1 aromatic carbocycles. The smallest absolute Gasteiger partial charge is 0.444 e. The van der Waals surface area contributed by atoms with Gasteiger partial charge in [-0.25, -0.2) is 18.6 Å². The lowest BCUT2D eigenvalue weighted by molar-refractivity contribution is 0.00578. The molecule has 38 heavy (non-hydrogen) atoms. The van der Waals surface area contributed by atoms with E-state index in [2.05, 4.69) is 16.4 Å². The summed E-state index contributed by atoms with van der Waals surface area (Å²) in [5.74, 6) is -1.42. The molecule has 0 bridgehead atoms. The van der Waals surface area contributed by atoms with Crippen molar-refractivity contribution in [2.45, 2.75) is 77.2 Å². The van der Waals surface area contributed by atoms with E-state index in [1.54, 1.807) is 37.9 Å². The van der Waals surface area contributed by atoms with Crippen LogP contribution >= 0.6 is 0 Å². The Balaban J connectivity index is 1.64. The molecule has 0 spiro atoms. The molecule has 2 aliphatic heterocycles. The summed E-state index contributed by atoms with van der Waals surface area (Å²) in [6, 6.07) is 6.46. The molecule has 0 unspecified atom stereocenters. The number of ether oxygens (including phenoxy) is 1. The van der Waals surface area contributed by atoms with Gasteiger partial charge in [-0.2, -0.15) is 5.26 Å². The molecular weight excluding hydrogens is 493 g/mol. The Morgan fingerprint density at radius 1 is 1.18 bits per heavy atom. The summed E-state index contributed by atoms with van der Waals surface area (Å²) < 4.78 is 46.5. The molecule has 202 valence electrons. The zero-order valence-corrected chi connectivity index (χ0v) is 22.8. The van der Waals surface area contributed by atoms with E-state index in [0.717, 1.165) is 18.2 Å². The topological polar surface area (TPSA) is 96.7 Å². The predicted octanol–water partition coefficient (Wildman–Crippen LogP) is 4.03. The number of carbonyl (C=O) groups excluding carboxylic acids is 1. The highest BCUT2D eigenvalue weighted by Gasteiger charge is 2.52. The molecule has 11 heteroatoms. The molecule has 1 amide bonds. The number of rotatable bonds is 4. The van der Waals surface area contributed by atoms with E-state index in [9.17, 15) is 18.8 Å². The molecule has 2 aromatic rings. The van der Waals surface area contributed by atoms with Crippen LogP contribution in [0.25, 0.3) is 0 Å². The maximum Gasteiger partial charge on any atom is 0.496 e. The summed E-state index contributed by atoms with van der Waals surface area (Å²) >= 11 is 0. The van der Waals surface area contributed by atoms with Gasteiger partial charge in [-0.1, -0.05) is 0 Å². The molecule has 8 nitrogen and oxygen atoms in total. The molecule has 0 saturated carbocycles. The van der Waals surface area contributed by atoms with Gasteiger partial charge < -0.3 is 24.3 Å². The highest BCUT2D eigenvalue weighted by atomic mass is 19.1. The van der Waals surface area contributed by atoms with Crippen molar-refractivity contribution < 1.29 is 27.6 Å². The Bertz CT molecular complexity index is 1260. The second-order valence-corrected chi connectivity index (χ2v) is 11.8. The van der Waals surface area contributed by atoms with E-state index in [1.165, 1.54) is 0 Å². The summed E-state index contributed by atoms with van der Waals surface area (Å²) in [6.07, 6.45) is 0.917. The van der Waals surface area contributed by atoms with Gasteiger partial charge in [0.05, 0.1) is 22.8 Å². The lowest BCUT2D eigenvalue weighted by Crippen LogP contribution is -2.43. The van der Waals surface area contributed by atoms with Crippen LogP contribution in [0.3, 0.4) is 0 Å². The summed E-state index contributed by atoms with van der Waals surface area (Å²) in [5, 5.41) is 12.8. The van der Waals surface area contributed by atoms with Gasteiger partial charge in [-0.3, -0.25) is 0 Å². The number of hydrogen-bond acceptors (Lipinski definition) is 7. The first kappa shape index (κ1) is 27.8. The van der Waals surface area contributed by atoms with Gasteiger partial charge in [-0.15, -0.1) is 0 Å². The largest absolute Gasteiger partial charge is 0.496 e.